The topological polar surface area (TPSA) is 20.3 Å². The van der Waals surface area contributed by atoms with Gasteiger partial charge in [-0.15, -0.1) is 0 Å². The fourth-order valence-electron chi connectivity index (χ4n) is 2.26. The SMILES string of the molecule is CC(=O)C1=CCC=CC=C1.CC1CCCN(C)C1. The Kier molecular flexibility index (Phi) is 6.66. The number of carbonyl (C=O) groups is 1. The van der Waals surface area contributed by atoms with Crippen molar-refractivity contribution in [3.05, 3.63) is 36.0 Å². The van der Waals surface area contributed by atoms with Crippen LogP contribution in [0, 0.1) is 5.92 Å². The van der Waals surface area contributed by atoms with Gasteiger partial charge in [0.05, 0.1) is 0 Å². The predicted molar refractivity (Wildman–Crippen MR) is 77.6 cm³/mol. The monoisotopic (exact) mass is 247 g/mol. The van der Waals surface area contributed by atoms with Gasteiger partial charge in [0.15, 0.2) is 5.78 Å². The van der Waals surface area contributed by atoms with Crippen LogP contribution in [0.4, 0.5) is 0 Å². The number of rotatable bonds is 1. The van der Waals surface area contributed by atoms with E-state index in [4.69, 9.17) is 0 Å². The highest BCUT2D eigenvalue weighted by atomic mass is 16.1. The highest BCUT2D eigenvalue weighted by Gasteiger charge is 2.11. The summed E-state index contributed by atoms with van der Waals surface area (Å²) in [5, 5.41) is 0. The average Bonchev–Trinajstić information content (AvgIpc) is 2.57. The smallest absolute Gasteiger partial charge is 0.159 e. The molecule has 1 heterocycles. The summed E-state index contributed by atoms with van der Waals surface area (Å²) < 4.78 is 0. The van der Waals surface area contributed by atoms with Gasteiger partial charge < -0.3 is 4.90 Å². The van der Waals surface area contributed by atoms with Crippen LogP contribution < -0.4 is 0 Å². The first kappa shape index (κ1) is 14.9. The van der Waals surface area contributed by atoms with Gasteiger partial charge in [0.25, 0.3) is 0 Å². The number of ketones is 1. The molecule has 1 aliphatic carbocycles. The third-order valence-corrected chi connectivity index (χ3v) is 3.26. The highest BCUT2D eigenvalue weighted by molar-refractivity contribution is 5.96. The van der Waals surface area contributed by atoms with E-state index in [1.165, 1.54) is 25.9 Å². The minimum absolute atomic E-state index is 0.139. The van der Waals surface area contributed by atoms with E-state index in [2.05, 4.69) is 18.9 Å². The zero-order valence-corrected chi connectivity index (χ0v) is 11.9. The van der Waals surface area contributed by atoms with Crippen LogP contribution >= 0.6 is 0 Å². The maximum absolute atomic E-state index is 10.8. The van der Waals surface area contributed by atoms with Crippen LogP contribution in [0.5, 0.6) is 0 Å². The summed E-state index contributed by atoms with van der Waals surface area (Å²) in [7, 11) is 2.20. The first-order valence-corrected chi connectivity index (χ1v) is 6.82. The van der Waals surface area contributed by atoms with Gasteiger partial charge in [-0.25, -0.2) is 0 Å². The Morgan fingerprint density at radius 1 is 1.39 bits per heavy atom. The van der Waals surface area contributed by atoms with Crippen LogP contribution in [0.25, 0.3) is 0 Å². The summed E-state index contributed by atoms with van der Waals surface area (Å²) in [6, 6.07) is 0. The van der Waals surface area contributed by atoms with E-state index in [1.807, 2.05) is 30.4 Å². The summed E-state index contributed by atoms with van der Waals surface area (Å²) in [6.07, 6.45) is 13.3. The van der Waals surface area contributed by atoms with Crippen molar-refractivity contribution in [3.63, 3.8) is 0 Å². The standard InChI is InChI=1S/C9H10O.C7H15N/c1-8(10)9-6-4-2-3-5-7-9;1-7-4-3-5-8(2)6-7/h2-4,6-7H,5H2,1H3;7H,3-6H2,1-2H3. The lowest BCUT2D eigenvalue weighted by Crippen LogP contribution is -2.30. The van der Waals surface area contributed by atoms with Crippen LogP contribution in [0.1, 0.15) is 33.1 Å². The fourth-order valence-corrected chi connectivity index (χ4v) is 2.26. The van der Waals surface area contributed by atoms with Crippen LogP contribution in [-0.2, 0) is 4.79 Å². The molecular weight excluding hydrogens is 222 g/mol. The second-order valence-electron chi connectivity index (χ2n) is 5.25. The van der Waals surface area contributed by atoms with Crippen LogP contribution in [0.3, 0.4) is 0 Å². The molecule has 1 atom stereocenters. The zero-order valence-electron chi connectivity index (χ0n) is 11.9. The average molecular weight is 247 g/mol. The van der Waals surface area contributed by atoms with Crippen LogP contribution in [0.2, 0.25) is 0 Å². The predicted octanol–water partition coefficient (Wildman–Crippen LogP) is 3.37. The third-order valence-electron chi connectivity index (χ3n) is 3.26. The van der Waals surface area contributed by atoms with Crippen molar-refractivity contribution in [1.82, 2.24) is 4.90 Å². The highest BCUT2D eigenvalue weighted by Crippen LogP contribution is 2.12. The normalized spacial score (nSPS) is 23.7. The van der Waals surface area contributed by atoms with Crippen molar-refractivity contribution < 1.29 is 4.79 Å². The molecule has 1 unspecified atom stereocenters. The lowest BCUT2D eigenvalue weighted by Gasteiger charge is -2.26. The maximum atomic E-state index is 10.8. The number of carbonyl (C=O) groups excluding carboxylic acids is 1. The van der Waals surface area contributed by atoms with Gasteiger partial charge in [-0.1, -0.05) is 37.3 Å². The number of allylic oxidation sites excluding steroid dienone is 6. The van der Waals surface area contributed by atoms with E-state index < -0.39 is 0 Å². The maximum Gasteiger partial charge on any atom is 0.159 e. The van der Waals surface area contributed by atoms with Gasteiger partial charge >= 0.3 is 0 Å². The van der Waals surface area contributed by atoms with Crippen LogP contribution in [-0.4, -0.2) is 30.8 Å². The summed E-state index contributed by atoms with van der Waals surface area (Å²) in [6.45, 7) is 6.53. The lowest BCUT2D eigenvalue weighted by atomic mass is 10.0. The van der Waals surface area contributed by atoms with Gasteiger partial charge in [0.2, 0.25) is 0 Å². The second kappa shape index (κ2) is 8.04. The molecule has 0 aromatic rings. The minimum atomic E-state index is 0.139. The van der Waals surface area contributed by atoms with Crippen molar-refractivity contribution in [2.45, 2.75) is 33.1 Å². The molecule has 1 fully saturated rings. The van der Waals surface area contributed by atoms with Crippen molar-refractivity contribution >= 4 is 5.78 Å². The van der Waals surface area contributed by atoms with Gasteiger partial charge in [0.1, 0.15) is 0 Å². The van der Waals surface area contributed by atoms with Crippen LogP contribution in [0.15, 0.2) is 36.0 Å². The molecule has 0 N–H and O–H groups in total. The first-order valence-electron chi connectivity index (χ1n) is 6.82. The summed E-state index contributed by atoms with van der Waals surface area (Å²) >= 11 is 0. The summed E-state index contributed by atoms with van der Waals surface area (Å²) in [5.74, 6) is 1.08. The van der Waals surface area contributed by atoms with Gasteiger partial charge in [-0.3, -0.25) is 4.79 Å². The molecule has 1 aliphatic heterocycles. The molecule has 0 radical (unpaired) electrons. The molecule has 0 saturated carbocycles. The largest absolute Gasteiger partial charge is 0.306 e. The Balaban J connectivity index is 0.000000184. The van der Waals surface area contributed by atoms with E-state index in [1.54, 1.807) is 6.92 Å². The molecular formula is C16H25NO. The summed E-state index contributed by atoms with van der Waals surface area (Å²) in [5.41, 5.74) is 0.810. The van der Waals surface area contributed by atoms with Gasteiger partial charge in [-0.05, 0) is 45.7 Å². The van der Waals surface area contributed by atoms with Gasteiger partial charge in [-0.2, -0.15) is 0 Å². The number of piperidine rings is 1. The number of nitrogens with zero attached hydrogens (tertiary/aromatic N) is 1. The zero-order chi connectivity index (χ0) is 13.4. The van der Waals surface area contributed by atoms with Crippen molar-refractivity contribution in [2.75, 3.05) is 20.1 Å². The third kappa shape index (κ3) is 5.97. The van der Waals surface area contributed by atoms with E-state index >= 15 is 0 Å². The molecule has 2 aliphatic rings. The van der Waals surface area contributed by atoms with E-state index in [0.717, 1.165) is 17.9 Å². The van der Waals surface area contributed by atoms with E-state index in [0.29, 0.717) is 0 Å². The minimum Gasteiger partial charge on any atom is -0.306 e. The Labute approximate surface area is 111 Å². The Morgan fingerprint density at radius 3 is 2.72 bits per heavy atom. The molecule has 2 heteroatoms. The van der Waals surface area contributed by atoms with Gasteiger partial charge in [0, 0.05) is 12.1 Å². The molecule has 18 heavy (non-hydrogen) atoms. The summed E-state index contributed by atoms with van der Waals surface area (Å²) in [4.78, 5) is 13.2. The Morgan fingerprint density at radius 2 is 2.17 bits per heavy atom. The first-order chi connectivity index (χ1) is 8.59. The number of hydrogen-bond acceptors (Lipinski definition) is 2. The molecule has 2 nitrogen and oxygen atoms in total. The van der Waals surface area contributed by atoms with E-state index in [-0.39, 0.29) is 5.78 Å². The number of likely N-dealkylation sites (tertiary alicyclic amines) is 1. The molecule has 100 valence electrons. The molecule has 0 amide bonds. The lowest BCUT2D eigenvalue weighted by molar-refractivity contribution is -0.113. The molecule has 0 spiro atoms. The molecule has 1 saturated heterocycles. The molecule has 0 bridgehead atoms. The molecule has 2 rings (SSSR count). The quantitative estimate of drug-likeness (QED) is 0.708. The van der Waals surface area contributed by atoms with Crippen molar-refractivity contribution in [2.24, 2.45) is 5.92 Å². The van der Waals surface area contributed by atoms with E-state index in [9.17, 15) is 4.79 Å². The Bertz CT molecular complexity index is 344. The van der Waals surface area contributed by atoms with Crippen molar-refractivity contribution in [3.8, 4) is 0 Å². The second-order valence-corrected chi connectivity index (χ2v) is 5.25. The van der Waals surface area contributed by atoms with Crippen molar-refractivity contribution in [1.29, 1.82) is 0 Å². The number of Topliss-reactive ketones (excluding diaryl/α,β-unsaturated/α-hetero) is 1. The fraction of sp³-hybridized carbons (Fsp3) is 0.562. The molecule has 0 aromatic heterocycles. The Hall–Kier alpha value is -1.15. The molecule has 0 aromatic carbocycles. The number of hydrogen-bond donors (Lipinski definition) is 0.